The molecule has 0 spiro atoms. The van der Waals surface area contributed by atoms with Gasteiger partial charge in [0.25, 0.3) is 0 Å². The first-order valence-electron chi connectivity index (χ1n) is 12.3. The summed E-state index contributed by atoms with van der Waals surface area (Å²) in [4.78, 5) is 0. The molecule has 5 rings (SSSR count). The van der Waals surface area contributed by atoms with Gasteiger partial charge in [0.1, 0.15) is 23.3 Å². The molecule has 1 atom stereocenters. The SMILES string of the molecule is Cc1cc(F)c(-c2ccccc2F)c(C2(c3cc(C)cc(F)c3-c3ccccc3F)CCC(C)C2)c1.[H-].[Li+]. The van der Waals surface area contributed by atoms with Gasteiger partial charge in [-0.3, -0.25) is 0 Å². The molecule has 1 aliphatic carbocycles. The Bertz CT molecular complexity index is 1370. The monoisotopic (exact) mass is 496 g/mol. The van der Waals surface area contributed by atoms with Crippen LogP contribution in [-0.2, 0) is 5.41 Å². The van der Waals surface area contributed by atoms with E-state index in [-0.39, 0.29) is 48.5 Å². The molecule has 1 unspecified atom stereocenters. The molecule has 0 saturated heterocycles. The third kappa shape index (κ3) is 4.78. The first-order chi connectivity index (χ1) is 17.2. The van der Waals surface area contributed by atoms with Gasteiger partial charge in [-0.1, -0.05) is 55.5 Å². The van der Waals surface area contributed by atoms with Crippen molar-refractivity contribution in [2.45, 2.75) is 45.4 Å². The predicted molar refractivity (Wildman–Crippen MR) is 138 cm³/mol. The van der Waals surface area contributed by atoms with Crippen LogP contribution in [0.15, 0.2) is 72.8 Å². The van der Waals surface area contributed by atoms with Crippen molar-refractivity contribution < 1.29 is 37.8 Å². The molecule has 4 aromatic rings. The Morgan fingerprint density at radius 3 is 1.49 bits per heavy atom. The molecule has 0 radical (unpaired) electrons. The van der Waals surface area contributed by atoms with Crippen molar-refractivity contribution in [1.82, 2.24) is 0 Å². The van der Waals surface area contributed by atoms with Crippen LogP contribution in [0.1, 0.15) is 49.9 Å². The molecule has 4 aromatic carbocycles. The van der Waals surface area contributed by atoms with Crippen molar-refractivity contribution in [2.75, 3.05) is 0 Å². The van der Waals surface area contributed by atoms with Crippen molar-refractivity contribution in [3.8, 4) is 22.3 Å². The summed E-state index contributed by atoms with van der Waals surface area (Å²) < 4.78 is 61.7. The Morgan fingerprint density at radius 2 is 1.11 bits per heavy atom. The number of rotatable bonds is 4. The average molecular weight is 497 g/mol. The van der Waals surface area contributed by atoms with E-state index < -0.39 is 28.7 Å². The Hall–Kier alpha value is -2.80. The van der Waals surface area contributed by atoms with E-state index in [9.17, 15) is 0 Å². The molecule has 1 aliphatic rings. The molecule has 0 aromatic heterocycles. The number of halogens is 4. The zero-order valence-electron chi connectivity index (χ0n) is 22.6. The normalized spacial score (nSPS) is 16.5. The van der Waals surface area contributed by atoms with Crippen molar-refractivity contribution in [3.05, 3.63) is 118 Å². The van der Waals surface area contributed by atoms with Gasteiger partial charge in [0.15, 0.2) is 0 Å². The quantitative estimate of drug-likeness (QED) is 0.226. The van der Waals surface area contributed by atoms with Crippen LogP contribution in [0, 0.1) is 43.0 Å². The Balaban J connectivity index is 0.00000200. The van der Waals surface area contributed by atoms with E-state index in [0.717, 1.165) is 6.42 Å². The van der Waals surface area contributed by atoms with Gasteiger partial charge in [-0.2, -0.15) is 0 Å². The molecule has 1 fully saturated rings. The van der Waals surface area contributed by atoms with Gasteiger partial charge in [-0.15, -0.1) is 0 Å². The first-order valence-corrected chi connectivity index (χ1v) is 12.3. The van der Waals surface area contributed by atoms with Crippen LogP contribution in [0.5, 0.6) is 0 Å². The minimum atomic E-state index is -0.825. The number of hydrogen-bond acceptors (Lipinski definition) is 0. The van der Waals surface area contributed by atoms with Gasteiger partial charge in [-0.25, -0.2) is 17.6 Å². The average Bonchev–Trinajstić information content (AvgIpc) is 3.22. The van der Waals surface area contributed by atoms with Crippen LogP contribution >= 0.6 is 0 Å². The van der Waals surface area contributed by atoms with Crippen molar-refractivity contribution >= 4 is 0 Å². The summed E-state index contributed by atoms with van der Waals surface area (Å²) in [7, 11) is 0. The van der Waals surface area contributed by atoms with E-state index in [1.54, 1.807) is 50.2 Å². The molecular weight excluding hydrogens is 467 g/mol. The number of hydrogen-bond donors (Lipinski definition) is 0. The van der Waals surface area contributed by atoms with Crippen LogP contribution in [-0.4, -0.2) is 0 Å². The fraction of sp³-hybridized carbons (Fsp3) is 0.250. The molecule has 0 bridgehead atoms. The molecule has 0 amide bonds. The Kier molecular flexibility index (Phi) is 7.74. The number of benzene rings is 4. The Morgan fingerprint density at radius 1 is 0.676 bits per heavy atom. The fourth-order valence-electron chi connectivity index (χ4n) is 6.04. The molecule has 37 heavy (non-hydrogen) atoms. The van der Waals surface area contributed by atoms with Crippen LogP contribution in [0.4, 0.5) is 17.6 Å². The zero-order chi connectivity index (χ0) is 25.6. The summed E-state index contributed by atoms with van der Waals surface area (Å²) in [6, 6.07) is 18.9. The fourth-order valence-corrected chi connectivity index (χ4v) is 6.04. The molecule has 0 aliphatic heterocycles. The second kappa shape index (κ2) is 10.5. The van der Waals surface area contributed by atoms with E-state index >= 15 is 17.6 Å². The van der Waals surface area contributed by atoms with Crippen LogP contribution in [0.3, 0.4) is 0 Å². The van der Waals surface area contributed by atoms with Gasteiger partial charge in [0.2, 0.25) is 0 Å². The summed E-state index contributed by atoms with van der Waals surface area (Å²) in [5.41, 5.74) is 2.53. The van der Waals surface area contributed by atoms with E-state index in [0.29, 0.717) is 35.1 Å². The molecule has 5 heteroatoms. The van der Waals surface area contributed by atoms with Crippen molar-refractivity contribution in [2.24, 2.45) is 5.92 Å². The standard InChI is InChI=1S/C32H28F4.Li.H/c1-19-12-13-32(18-19,24-14-20(2)16-28(35)30(24)22-8-4-6-10-26(22)33)25-15-21(3)17-29(36)31(25)23-9-5-7-11-27(23)34;;/h4-11,14-17,19H,12-13,18H2,1-3H3;;/q;+1;-1. The summed E-state index contributed by atoms with van der Waals surface area (Å²) >= 11 is 0. The molecule has 186 valence electrons. The minimum Gasteiger partial charge on any atom is -1.00 e. The number of aryl methyl sites for hydroxylation is 2. The molecule has 1 saturated carbocycles. The van der Waals surface area contributed by atoms with Gasteiger partial charge >= 0.3 is 18.9 Å². The topological polar surface area (TPSA) is 0 Å². The summed E-state index contributed by atoms with van der Waals surface area (Å²) in [6.45, 7) is 5.72. The van der Waals surface area contributed by atoms with Crippen LogP contribution in [0.2, 0.25) is 0 Å². The zero-order valence-corrected chi connectivity index (χ0v) is 21.6. The maximum absolute atomic E-state index is 15.8. The predicted octanol–water partition coefficient (Wildman–Crippen LogP) is 6.42. The maximum atomic E-state index is 15.8. The van der Waals surface area contributed by atoms with E-state index in [2.05, 4.69) is 6.92 Å². The minimum absolute atomic E-state index is 0. The van der Waals surface area contributed by atoms with E-state index in [4.69, 9.17) is 0 Å². The van der Waals surface area contributed by atoms with E-state index in [1.807, 2.05) is 12.1 Å². The summed E-state index contributed by atoms with van der Waals surface area (Å²) in [5.74, 6) is -1.82. The molecule has 0 N–H and O–H groups in total. The van der Waals surface area contributed by atoms with Gasteiger partial charge in [-0.05, 0) is 85.5 Å². The third-order valence-corrected chi connectivity index (χ3v) is 7.55. The van der Waals surface area contributed by atoms with Crippen LogP contribution < -0.4 is 18.9 Å². The van der Waals surface area contributed by atoms with Crippen LogP contribution in [0.25, 0.3) is 22.3 Å². The van der Waals surface area contributed by atoms with Gasteiger partial charge < -0.3 is 1.43 Å². The molecular formula is C32H29F4Li. The Labute approximate surface area is 229 Å². The maximum Gasteiger partial charge on any atom is 1.00 e. The third-order valence-electron chi connectivity index (χ3n) is 7.55. The smallest absolute Gasteiger partial charge is 1.00 e. The molecule has 0 nitrogen and oxygen atoms in total. The van der Waals surface area contributed by atoms with Crippen molar-refractivity contribution in [1.29, 1.82) is 0 Å². The molecule has 0 heterocycles. The first kappa shape index (κ1) is 27.2. The second-order valence-electron chi connectivity index (χ2n) is 10.2. The second-order valence-corrected chi connectivity index (χ2v) is 10.2. The largest absolute Gasteiger partial charge is 1.00 e. The van der Waals surface area contributed by atoms with Crippen molar-refractivity contribution in [3.63, 3.8) is 0 Å². The summed E-state index contributed by atoms with van der Waals surface area (Å²) in [5, 5.41) is 0. The summed E-state index contributed by atoms with van der Waals surface area (Å²) in [6.07, 6.45) is 2.06. The van der Waals surface area contributed by atoms with Gasteiger partial charge in [0.05, 0.1) is 0 Å². The van der Waals surface area contributed by atoms with E-state index in [1.165, 1.54) is 24.3 Å². The van der Waals surface area contributed by atoms with Gasteiger partial charge in [0, 0.05) is 27.7 Å².